The minimum absolute atomic E-state index is 0.138. The second-order valence-corrected chi connectivity index (χ2v) is 6.49. The normalized spacial score (nSPS) is 22.6. The van der Waals surface area contributed by atoms with Gasteiger partial charge in [0.15, 0.2) is 5.82 Å². The summed E-state index contributed by atoms with van der Waals surface area (Å²) in [6.45, 7) is 7.48. The zero-order valence-electron chi connectivity index (χ0n) is 12.9. The molecular weight excluding hydrogens is 270 g/mol. The molecule has 1 N–H and O–H groups in total. The molecule has 2 rings (SSSR count). The predicted octanol–water partition coefficient (Wildman–Crippen LogP) is 1.59. The van der Waals surface area contributed by atoms with Crippen LogP contribution in [0.1, 0.15) is 33.6 Å². The highest BCUT2D eigenvalue weighted by molar-refractivity contribution is 5.75. The molecule has 1 aromatic rings. The maximum Gasteiger partial charge on any atom is 0.311 e. The van der Waals surface area contributed by atoms with E-state index in [1.165, 1.54) is 0 Å². The smallest absolute Gasteiger partial charge is 0.311 e. The highest BCUT2D eigenvalue weighted by Crippen LogP contribution is 2.30. The standard InChI is InChI=1S/C15H23N3O3/c1-11(2)9-17-8-6-16-12(13(17)19)18-7-4-5-15(3,10-18)14(20)21/h6,8,11H,4-5,7,9-10H2,1-3H3,(H,20,21). The number of carboxylic acids is 1. The fourth-order valence-electron chi connectivity index (χ4n) is 2.78. The van der Waals surface area contributed by atoms with Crippen LogP contribution in [0.3, 0.4) is 0 Å². The Balaban J connectivity index is 2.30. The van der Waals surface area contributed by atoms with Crippen molar-refractivity contribution < 1.29 is 9.90 Å². The van der Waals surface area contributed by atoms with Crippen molar-refractivity contribution in [3.05, 3.63) is 22.7 Å². The van der Waals surface area contributed by atoms with Gasteiger partial charge in [0.2, 0.25) is 0 Å². The van der Waals surface area contributed by atoms with Crippen molar-refractivity contribution in [3.63, 3.8) is 0 Å². The van der Waals surface area contributed by atoms with E-state index in [9.17, 15) is 14.7 Å². The summed E-state index contributed by atoms with van der Waals surface area (Å²) < 4.78 is 1.65. The minimum Gasteiger partial charge on any atom is -0.481 e. The van der Waals surface area contributed by atoms with Gasteiger partial charge in [-0.3, -0.25) is 9.59 Å². The SMILES string of the molecule is CC(C)Cn1ccnc(N2CCCC(C)(C(=O)O)C2)c1=O. The topological polar surface area (TPSA) is 75.4 Å². The minimum atomic E-state index is -0.814. The number of carboxylic acid groups (broad SMARTS) is 1. The fraction of sp³-hybridized carbons (Fsp3) is 0.667. The lowest BCUT2D eigenvalue weighted by atomic mass is 9.82. The van der Waals surface area contributed by atoms with E-state index >= 15 is 0 Å². The van der Waals surface area contributed by atoms with Crippen LogP contribution in [0.25, 0.3) is 0 Å². The van der Waals surface area contributed by atoms with Gasteiger partial charge < -0.3 is 14.6 Å². The van der Waals surface area contributed by atoms with Crippen LogP contribution in [0.15, 0.2) is 17.2 Å². The molecule has 1 aromatic heterocycles. The molecule has 0 radical (unpaired) electrons. The van der Waals surface area contributed by atoms with Crippen molar-refractivity contribution in [1.29, 1.82) is 0 Å². The van der Waals surface area contributed by atoms with Gasteiger partial charge in [-0.25, -0.2) is 4.98 Å². The molecule has 0 aliphatic carbocycles. The second-order valence-electron chi connectivity index (χ2n) is 6.49. The number of nitrogens with zero attached hydrogens (tertiary/aromatic N) is 3. The number of anilines is 1. The zero-order valence-corrected chi connectivity index (χ0v) is 12.9. The molecule has 1 fully saturated rings. The molecule has 0 amide bonds. The number of aliphatic carboxylic acids is 1. The van der Waals surface area contributed by atoms with Gasteiger partial charge in [-0.1, -0.05) is 13.8 Å². The summed E-state index contributed by atoms with van der Waals surface area (Å²) in [5.41, 5.74) is -0.953. The molecule has 1 aliphatic heterocycles. The molecule has 21 heavy (non-hydrogen) atoms. The summed E-state index contributed by atoms with van der Waals surface area (Å²) in [4.78, 5) is 29.9. The first kappa shape index (κ1) is 15.5. The Kier molecular flexibility index (Phi) is 4.34. The van der Waals surface area contributed by atoms with E-state index in [0.29, 0.717) is 37.8 Å². The lowest BCUT2D eigenvalue weighted by Gasteiger charge is -2.37. The third kappa shape index (κ3) is 3.25. The second kappa shape index (κ2) is 5.87. The van der Waals surface area contributed by atoms with Gasteiger partial charge in [0.05, 0.1) is 5.41 Å². The van der Waals surface area contributed by atoms with Crippen molar-refractivity contribution >= 4 is 11.8 Å². The number of piperidine rings is 1. The monoisotopic (exact) mass is 293 g/mol. The Hall–Kier alpha value is -1.85. The van der Waals surface area contributed by atoms with Gasteiger partial charge in [0, 0.05) is 32.0 Å². The number of carbonyl (C=O) groups is 1. The van der Waals surface area contributed by atoms with Crippen LogP contribution in [0.2, 0.25) is 0 Å². The lowest BCUT2D eigenvalue weighted by Crippen LogP contribution is -2.48. The van der Waals surface area contributed by atoms with E-state index in [2.05, 4.69) is 18.8 Å². The molecule has 1 saturated heterocycles. The highest BCUT2D eigenvalue weighted by atomic mass is 16.4. The van der Waals surface area contributed by atoms with Crippen LogP contribution >= 0.6 is 0 Å². The van der Waals surface area contributed by atoms with Crippen molar-refractivity contribution in [2.75, 3.05) is 18.0 Å². The molecule has 116 valence electrons. The van der Waals surface area contributed by atoms with Crippen LogP contribution < -0.4 is 10.5 Å². The molecule has 1 aliphatic rings. The lowest BCUT2D eigenvalue weighted by molar-refractivity contribution is -0.148. The maximum atomic E-state index is 12.5. The number of hydrogen-bond acceptors (Lipinski definition) is 4. The van der Waals surface area contributed by atoms with E-state index in [-0.39, 0.29) is 5.56 Å². The van der Waals surface area contributed by atoms with Crippen molar-refractivity contribution in [2.24, 2.45) is 11.3 Å². The maximum absolute atomic E-state index is 12.5. The first-order chi connectivity index (χ1) is 9.83. The van der Waals surface area contributed by atoms with E-state index < -0.39 is 11.4 Å². The summed E-state index contributed by atoms with van der Waals surface area (Å²) in [6, 6.07) is 0. The Bertz CT molecular complexity index is 582. The van der Waals surface area contributed by atoms with Crippen LogP contribution in [0.5, 0.6) is 0 Å². The molecule has 0 aromatic carbocycles. The van der Waals surface area contributed by atoms with Gasteiger partial charge in [-0.2, -0.15) is 0 Å². The highest BCUT2D eigenvalue weighted by Gasteiger charge is 2.38. The molecule has 6 heteroatoms. The molecule has 2 heterocycles. The molecular formula is C15H23N3O3. The third-order valence-electron chi connectivity index (χ3n) is 3.97. The van der Waals surface area contributed by atoms with Gasteiger partial charge in [-0.05, 0) is 25.7 Å². The van der Waals surface area contributed by atoms with Crippen LogP contribution in [-0.4, -0.2) is 33.7 Å². The zero-order chi connectivity index (χ0) is 15.6. The molecule has 0 saturated carbocycles. The Morgan fingerprint density at radius 1 is 1.52 bits per heavy atom. The van der Waals surface area contributed by atoms with Crippen molar-refractivity contribution in [2.45, 2.75) is 40.2 Å². The Morgan fingerprint density at radius 3 is 2.86 bits per heavy atom. The van der Waals surface area contributed by atoms with Crippen LogP contribution in [0.4, 0.5) is 5.82 Å². The predicted molar refractivity (Wildman–Crippen MR) is 80.5 cm³/mol. The quantitative estimate of drug-likeness (QED) is 0.912. The molecule has 0 bridgehead atoms. The summed E-state index contributed by atoms with van der Waals surface area (Å²) in [5.74, 6) is -0.0837. The van der Waals surface area contributed by atoms with Crippen LogP contribution in [0, 0.1) is 11.3 Å². The molecule has 1 atom stereocenters. The van der Waals surface area contributed by atoms with Gasteiger partial charge >= 0.3 is 5.97 Å². The number of hydrogen-bond donors (Lipinski definition) is 1. The summed E-state index contributed by atoms with van der Waals surface area (Å²) in [6.07, 6.45) is 4.69. The molecule has 0 spiro atoms. The van der Waals surface area contributed by atoms with E-state index in [1.807, 2.05) is 4.90 Å². The number of rotatable bonds is 4. The summed E-state index contributed by atoms with van der Waals surface area (Å²) >= 11 is 0. The average Bonchev–Trinajstić information content (AvgIpc) is 2.40. The fourth-order valence-corrected chi connectivity index (χ4v) is 2.78. The van der Waals surface area contributed by atoms with Gasteiger partial charge in [-0.15, -0.1) is 0 Å². The van der Waals surface area contributed by atoms with Crippen molar-refractivity contribution in [3.8, 4) is 0 Å². The summed E-state index contributed by atoms with van der Waals surface area (Å²) in [7, 11) is 0. The Labute approximate surface area is 124 Å². The third-order valence-corrected chi connectivity index (χ3v) is 3.97. The first-order valence-corrected chi connectivity index (χ1v) is 7.37. The van der Waals surface area contributed by atoms with Gasteiger partial charge in [0.1, 0.15) is 0 Å². The largest absolute Gasteiger partial charge is 0.481 e. The first-order valence-electron chi connectivity index (χ1n) is 7.37. The Morgan fingerprint density at radius 2 is 2.24 bits per heavy atom. The van der Waals surface area contributed by atoms with Crippen molar-refractivity contribution in [1.82, 2.24) is 9.55 Å². The molecule has 6 nitrogen and oxygen atoms in total. The molecule has 1 unspecified atom stereocenters. The van der Waals surface area contributed by atoms with E-state index in [0.717, 1.165) is 6.42 Å². The average molecular weight is 293 g/mol. The van der Waals surface area contributed by atoms with E-state index in [1.54, 1.807) is 23.9 Å². The van der Waals surface area contributed by atoms with E-state index in [4.69, 9.17) is 0 Å². The van der Waals surface area contributed by atoms with Gasteiger partial charge in [0.25, 0.3) is 5.56 Å². The number of aromatic nitrogens is 2. The van der Waals surface area contributed by atoms with Crippen LogP contribution in [-0.2, 0) is 11.3 Å². The summed E-state index contributed by atoms with van der Waals surface area (Å²) in [5, 5.41) is 9.37.